The molecule has 0 unspecified atom stereocenters. The normalized spacial score (nSPS) is 11.0. The van der Waals surface area contributed by atoms with Crippen molar-refractivity contribution in [2.45, 2.75) is 0 Å². The average Bonchev–Trinajstić information content (AvgIpc) is 3.02. The summed E-state index contributed by atoms with van der Waals surface area (Å²) in [6.45, 7) is 9.16. The molecule has 0 atom stereocenters. The minimum absolute atomic E-state index is 0.271. The van der Waals surface area contributed by atoms with Crippen molar-refractivity contribution in [2.75, 3.05) is 132 Å². The van der Waals surface area contributed by atoms with Gasteiger partial charge in [-0.3, -0.25) is 4.79 Å². The molecule has 1 amide bonds. The number of nitrogens with two attached hydrogens (primary N) is 1. The SMILES string of the molecule is NCCOCCOCCOCCNC(=O)c1cc(OCCOCCOCC[O][Tl])cc(OCCOCCOCC[O][Tl])c1. The van der Waals surface area contributed by atoms with Crippen molar-refractivity contribution in [3.63, 3.8) is 0 Å². The molecule has 1 aromatic rings. The number of carbonyl (C=O) groups is 1. The van der Waals surface area contributed by atoms with Crippen molar-refractivity contribution >= 4 is 58.3 Å². The number of amides is 1. The molecule has 0 saturated carbocycles. The second kappa shape index (κ2) is 31.7. The molecule has 3 N–H and O–H groups in total. The van der Waals surface area contributed by atoms with Crippen LogP contribution in [-0.2, 0) is 38.5 Å². The first-order valence-electron chi connectivity index (χ1n) is 14.3. The van der Waals surface area contributed by atoms with Crippen molar-refractivity contribution in [2.24, 2.45) is 5.73 Å². The quantitative estimate of drug-likeness (QED) is 0.0702. The van der Waals surface area contributed by atoms with Crippen molar-refractivity contribution in [1.29, 1.82) is 0 Å². The molecule has 16 heteroatoms. The maximum atomic E-state index is 12.8. The first kappa shape index (κ1) is 40.8. The Bertz CT molecular complexity index is 745. The van der Waals surface area contributed by atoms with Gasteiger partial charge in [-0.2, -0.15) is 0 Å². The predicted molar refractivity (Wildman–Crippen MR) is 158 cm³/mol. The van der Waals surface area contributed by atoms with E-state index in [4.69, 9.17) is 53.7 Å². The first-order chi connectivity index (χ1) is 21.2. The Labute approximate surface area is 287 Å². The van der Waals surface area contributed by atoms with Crippen LogP contribution in [0, 0.1) is 0 Å². The first-order valence-corrected chi connectivity index (χ1v) is 17.9. The van der Waals surface area contributed by atoms with Gasteiger partial charge in [0.05, 0.1) is 39.6 Å². The molecular formula is C27H46N2O12Tl2. The molecule has 0 aliphatic carbocycles. The van der Waals surface area contributed by atoms with Crippen LogP contribution in [0.15, 0.2) is 18.2 Å². The third-order valence-corrected chi connectivity index (χ3v) is 6.94. The Morgan fingerprint density at radius 1 is 0.535 bits per heavy atom. The van der Waals surface area contributed by atoms with E-state index in [9.17, 15) is 4.79 Å². The number of hydrogen-bond acceptors (Lipinski definition) is 13. The van der Waals surface area contributed by atoms with Crippen molar-refractivity contribution in [3.05, 3.63) is 23.8 Å². The molecular weight excluding hydrogens is 953 g/mol. The Morgan fingerprint density at radius 3 is 1.33 bits per heavy atom. The molecule has 43 heavy (non-hydrogen) atoms. The zero-order valence-corrected chi connectivity index (χ0v) is 34.0. The van der Waals surface area contributed by atoms with Gasteiger partial charge in [-0.1, -0.05) is 0 Å². The molecule has 1 aromatic carbocycles. The number of carbonyl (C=O) groups excluding carboxylic acids is 1. The Morgan fingerprint density at radius 2 is 0.907 bits per heavy atom. The molecule has 0 saturated heterocycles. The van der Waals surface area contributed by atoms with Gasteiger partial charge in [0.2, 0.25) is 0 Å². The summed E-state index contributed by atoms with van der Waals surface area (Å²) in [7, 11) is 0. The molecule has 0 bridgehead atoms. The number of nitrogens with one attached hydrogen (secondary N) is 1. The molecule has 0 radical (unpaired) electrons. The van der Waals surface area contributed by atoms with Gasteiger partial charge in [0.1, 0.15) is 0 Å². The molecule has 0 heterocycles. The van der Waals surface area contributed by atoms with Gasteiger partial charge in [0, 0.05) is 18.7 Å². The standard InChI is InChI=1S/C27H46N2O12.2Tl/c28-1-5-33-9-13-37-14-10-34-6-2-29-27(32)24-21-25(40-19-17-38-15-11-35-7-3-30)23-26(22-24)41-20-18-39-16-12-36-8-4-31;;/h21-23H,1-20,28H2,(H,29,32);;/q-2;2*+1. The van der Waals surface area contributed by atoms with Crippen LogP contribution in [0.25, 0.3) is 0 Å². The second-order valence-corrected chi connectivity index (χ2v) is 11.1. The van der Waals surface area contributed by atoms with E-state index in [0.717, 1.165) is 0 Å². The van der Waals surface area contributed by atoms with Crippen LogP contribution in [0.2, 0.25) is 0 Å². The fraction of sp³-hybridized carbons (Fsp3) is 0.741. The van der Waals surface area contributed by atoms with E-state index < -0.39 is 0 Å². The maximum absolute atomic E-state index is 12.8. The Balaban J connectivity index is 2.43. The summed E-state index contributed by atoms with van der Waals surface area (Å²) in [4.78, 5) is 12.8. The third kappa shape index (κ3) is 25.6. The van der Waals surface area contributed by atoms with Crippen LogP contribution in [0.3, 0.4) is 0 Å². The summed E-state index contributed by atoms with van der Waals surface area (Å²) in [6, 6.07) is 5.06. The van der Waals surface area contributed by atoms with Crippen LogP contribution >= 0.6 is 0 Å². The molecule has 0 spiro atoms. The predicted octanol–water partition coefficient (Wildman–Crippen LogP) is -0.551. The van der Waals surface area contributed by atoms with Crippen molar-refractivity contribution in [1.82, 2.24) is 5.32 Å². The fourth-order valence-electron chi connectivity index (χ4n) is 3.13. The summed E-state index contributed by atoms with van der Waals surface area (Å²) in [5, 5.41) is 2.85. The van der Waals surface area contributed by atoms with Gasteiger partial charge in [-0.05, 0) is 0 Å². The number of hydrogen-bond donors (Lipinski definition) is 2. The summed E-state index contributed by atoms with van der Waals surface area (Å²) >= 11 is 1.04. The second-order valence-electron chi connectivity index (χ2n) is 8.46. The van der Waals surface area contributed by atoms with Crippen LogP contribution < -0.4 is 20.5 Å². The van der Waals surface area contributed by atoms with Gasteiger partial charge >= 0.3 is 195 Å². The summed E-state index contributed by atoms with van der Waals surface area (Å²) in [5.41, 5.74) is 5.76. The van der Waals surface area contributed by atoms with Crippen LogP contribution in [0.1, 0.15) is 10.4 Å². The molecule has 0 aromatic heterocycles. The fourth-order valence-corrected chi connectivity index (χ4v) is 3.88. The number of benzene rings is 1. The van der Waals surface area contributed by atoms with E-state index in [0.29, 0.717) is 202 Å². The molecule has 14 nitrogen and oxygen atoms in total. The van der Waals surface area contributed by atoms with Gasteiger partial charge in [-0.25, -0.2) is 0 Å². The average molecular weight is 999 g/mol. The van der Waals surface area contributed by atoms with E-state index >= 15 is 0 Å². The van der Waals surface area contributed by atoms with Crippen LogP contribution in [0.5, 0.6) is 11.5 Å². The molecule has 242 valence electrons. The minimum atomic E-state index is -0.271. The van der Waals surface area contributed by atoms with Crippen LogP contribution in [-0.4, -0.2) is 190 Å². The molecule has 1 rings (SSSR count). The van der Waals surface area contributed by atoms with E-state index in [2.05, 4.69) is 5.32 Å². The number of rotatable bonds is 32. The Hall–Kier alpha value is -0.266. The summed E-state index contributed by atoms with van der Waals surface area (Å²) < 4.78 is 59.9. The van der Waals surface area contributed by atoms with E-state index in [1.807, 2.05) is 0 Å². The van der Waals surface area contributed by atoms with Crippen molar-refractivity contribution < 1.29 is 52.8 Å². The topological polar surface area (TPSA) is 157 Å². The van der Waals surface area contributed by atoms with E-state index in [-0.39, 0.29) is 5.91 Å². The van der Waals surface area contributed by atoms with Crippen molar-refractivity contribution in [3.8, 4) is 11.5 Å². The van der Waals surface area contributed by atoms with Gasteiger partial charge in [0.25, 0.3) is 5.91 Å². The van der Waals surface area contributed by atoms with Gasteiger partial charge in [0.15, 0.2) is 0 Å². The monoisotopic (exact) mass is 1000 g/mol. The zero-order chi connectivity index (χ0) is 31.1. The van der Waals surface area contributed by atoms with Gasteiger partial charge < -0.3 is 25.3 Å². The van der Waals surface area contributed by atoms with E-state index in [1.165, 1.54) is 0 Å². The third-order valence-electron chi connectivity index (χ3n) is 5.11. The van der Waals surface area contributed by atoms with Crippen LogP contribution in [0.4, 0.5) is 0 Å². The van der Waals surface area contributed by atoms with Gasteiger partial charge in [-0.15, -0.1) is 0 Å². The summed E-state index contributed by atoms with van der Waals surface area (Å²) in [6.07, 6.45) is 0. The molecule has 0 aliphatic heterocycles. The Kier molecular flexibility index (Phi) is 30.1. The zero-order valence-electron chi connectivity index (χ0n) is 25.0. The molecule has 0 fully saturated rings. The van der Waals surface area contributed by atoms with E-state index in [1.54, 1.807) is 18.2 Å². The number of ether oxygens (including phenoxy) is 9. The molecule has 0 aliphatic rings. The summed E-state index contributed by atoms with van der Waals surface area (Å²) in [5.74, 6) is 0.715.